The molecule has 0 atom stereocenters. The molecule has 1 aliphatic rings. The monoisotopic (exact) mass is 316 g/mol. The molecule has 1 saturated heterocycles. The number of amides is 1. The molecule has 0 unspecified atom stereocenters. The molecule has 2 aromatic rings. The van der Waals surface area contributed by atoms with Crippen LogP contribution in [0.2, 0.25) is 5.02 Å². The number of anilines is 1. The molecule has 0 spiro atoms. The van der Waals surface area contributed by atoms with Crippen molar-refractivity contribution in [1.29, 1.82) is 0 Å². The van der Waals surface area contributed by atoms with Crippen LogP contribution < -0.4 is 10.2 Å². The normalized spacial score (nSPS) is 14.1. The highest BCUT2D eigenvalue weighted by atomic mass is 35.5. The lowest BCUT2D eigenvalue weighted by molar-refractivity contribution is 0.0946. The number of aromatic nitrogens is 2. The summed E-state index contributed by atoms with van der Waals surface area (Å²) in [6.07, 6.45) is 3.79. The van der Waals surface area contributed by atoms with Gasteiger partial charge in [-0.25, -0.2) is 9.97 Å². The number of halogens is 1. The first kappa shape index (κ1) is 14.8. The van der Waals surface area contributed by atoms with E-state index < -0.39 is 0 Å². The summed E-state index contributed by atoms with van der Waals surface area (Å²) in [4.78, 5) is 22.7. The summed E-state index contributed by atoms with van der Waals surface area (Å²) >= 11 is 5.84. The number of benzene rings is 1. The van der Waals surface area contributed by atoms with E-state index in [4.69, 9.17) is 11.6 Å². The zero-order chi connectivity index (χ0) is 15.4. The van der Waals surface area contributed by atoms with E-state index in [-0.39, 0.29) is 5.91 Å². The van der Waals surface area contributed by atoms with Crippen molar-refractivity contribution in [2.75, 3.05) is 18.0 Å². The van der Waals surface area contributed by atoms with Gasteiger partial charge in [0.15, 0.2) is 0 Å². The van der Waals surface area contributed by atoms with Gasteiger partial charge in [0.2, 0.25) is 0 Å². The van der Waals surface area contributed by atoms with Crippen molar-refractivity contribution in [3.8, 4) is 0 Å². The Morgan fingerprint density at radius 3 is 2.64 bits per heavy atom. The standard InChI is InChI=1S/C16H17ClN4O/c17-13-5-3-12(4-6-13)10-18-16(22)14-9-15(20-11-19-14)21-7-1-2-8-21/h3-6,9,11H,1-2,7-8,10H2,(H,18,22). The van der Waals surface area contributed by atoms with Gasteiger partial charge in [-0.15, -0.1) is 0 Å². The highest BCUT2D eigenvalue weighted by molar-refractivity contribution is 6.30. The van der Waals surface area contributed by atoms with Crippen LogP contribution in [0.5, 0.6) is 0 Å². The van der Waals surface area contributed by atoms with Crippen LogP contribution in [-0.2, 0) is 6.54 Å². The molecule has 114 valence electrons. The summed E-state index contributed by atoms with van der Waals surface area (Å²) in [6.45, 7) is 2.42. The molecule has 0 saturated carbocycles. The van der Waals surface area contributed by atoms with E-state index in [1.54, 1.807) is 18.2 Å². The van der Waals surface area contributed by atoms with Crippen molar-refractivity contribution in [1.82, 2.24) is 15.3 Å². The molecule has 0 radical (unpaired) electrons. The predicted octanol–water partition coefficient (Wildman–Crippen LogP) is 2.66. The van der Waals surface area contributed by atoms with E-state index >= 15 is 0 Å². The van der Waals surface area contributed by atoms with Gasteiger partial charge < -0.3 is 10.2 Å². The fourth-order valence-electron chi connectivity index (χ4n) is 2.47. The van der Waals surface area contributed by atoms with Crippen LogP contribution >= 0.6 is 11.6 Å². The second-order valence-electron chi connectivity index (χ2n) is 5.26. The van der Waals surface area contributed by atoms with Crippen LogP contribution in [-0.4, -0.2) is 29.0 Å². The van der Waals surface area contributed by atoms with Gasteiger partial charge >= 0.3 is 0 Å². The molecule has 3 rings (SSSR count). The van der Waals surface area contributed by atoms with Crippen LogP contribution in [0.1, 0.15) is 28.9 Å². The number of hydrogen-bond acceptors (Lipinski definition) is 4. The number of carbonyl (C=O) groups is 1. The maximum Gasteiger partial charge on any atom is 0.270 e. The average Bonchev–Trinajstić information content (AvgIpc) is 3.09. The fourth-order valence-corrected chi connectivity index (χ4v) is 2.59. The van der Waals surface area contributed by atoms with Crippen molar-refractivity contribution in [3.63, 3.8) is 0 Å². The van der Waals surface area contributed by atoms with E-state index in [2.05, 4.69) is 20.2 Å². The van der Waals surface area contributed by atoms with Crippen molar-refractivity contribution in [2.24, 2.45) is 0 Å². The van der Waals surface area contributed by atoms with Gasteiger partial charge in [0.25, 0.3) is 5.91 Å². The molecule has 22 heavy (non-hydrogen) atoms. The maximum absolute atomic E-state index is 12.2. The second kappa shape index (κ2) is 6.75. The van der Waals surface area contributed by atoms with Gasteiger partial charge in [0.05, 0.1) is 0 Å². The van der Waals surface area contributed by atoms with Gasteiger partial charge in [-0.1, -0.05) is 23.7 Å². The fraction of sp³-hybridized carbons (Fsp3) is 0.312. The second-order valence-corrected chi connectivity index (χ2v) is 5.70. The Balaban J connectivity index is 1.64. The number of carbonyl (C=O) groups excluding carboxylic acids is 1. The van der Waals surface area contributed by atoms with Crippen molar-refractivity contribution >= 4 is 23.3 Å². The molecule has 6 heteroatoms. The van der Waals surface area contributed by atoms with Crippen LogP contribution in [0.4, 0.5) is 5.82 Å². The average molecular weight is 317 g/mol. The topological polar surface area (TPSA) is 58.1 Å². The zero-order valence-corrected chi connectivity index (χ0v) is 12.9. The summed E-state index contributed by atoms with van der Waals surface area (Å²) in [5.41, 5.74) is 1.39. The molecule has 1 aliphatic heterocycles. The molecule has 0 aliphatic carbocycles. The lowest BCUT2D eigenvalue weighted by Crippen LogP contribution is -2.25. The SMILES string of the molecule is O=C(NCc1ccc(Cl)cc1)c1cc(N2CCCC2)ncn1. The summed E-state index contributed by atoms with van der Waals surface area (Å²) in [6, 6.07) is 9.14. The molecule has 0 bridgehead atoms. The quantitative estimate of drug-likeness (QED) is 0.942. The minimum atomic E-state index is -0.196. The number of rotatable bonds is 4. The van der Waals surface area contributed by atoms with Crippen LogP contribution in [0.3, 0.4) is 0 Å². The summed E-state index contributed by atoms with van der Waals surface area (Å²) in [7, 11) is 0. The molecular formula is C16H17ClN4O. The van der Waals surface area contributed by atoms with Crippen LogP contribution in [0, 0.1) is 0 Å². The minimum absolute atomic E-state index is 0.196. The zero-order valence-electron chi connectivity index (χ0n) is 12.1. The third kappa shape index (κ3) is 3.54. The predicted molar refractivity (Wildman–Crippen MR) is 86.1 cm³/mol. The Morgan fingerprint density at radius 2 is 1.91 bits per heavy atom. The van der Waals surface area contributed by atoms with Gasteiger partial charge in [0.1, 0.15) is 17.8 Å². The van der Waals surface area contributed by atoms with Crippen LogP contribution in [0.25, 0.3) is 0 Å². The highest BCUT2D eigenvalue weighted by Gasteiger charge is 2.16. The van der Waals surface area contributed by atoms with Gasteiger partial charge in [-0.2, -0.15) is 0 Å². The Kier molecular flexibility index (Phi) is 4.53. The molecule has 1 aromatic carbocycles. The number of hydrogen-bond donors (Lipinski definition) is 1. The Hall–Kier alpha value is -2.14. The smallest absolute Gasteiger partial charge is 0.270 e. The molecule has 1 N–H and O–H groups in total. The first-order valence-electron chi connectivity index (χ1n) is 7.32. The lowest BCUT2D eigenvalue weighted by Gasteiger charge is -2.16. The molecule has 2 heterocycles. The van der Waals surface area contributed by atoms with Crippen molar-refractivity contribution in [2.45, 2.75) is 19.4 Å². The largest absolute Gasteiger partial charge is 0.357 e. The van der Waals surface area contributed by atoms with Gasteiger partial charge in [-0.3, -0.25) is 4.79 Å². The lowest BCUT2D eigenvalue weighted by atomic mass is 10.2. The number of nitrogens with one attached hydrogen (secondary N) is 1. The van der Waals surface area contributed by atoms with Gasteiger partial charge in [0, 0.05) is 30.7 Å². The Labute approximate surface area is 134 Å². The van der Waals surface area contributed by atoms with Crippen molar-refractivity contribution in [3.05, 3.63) is 52.9 Å². The van der Waals surface area contributed by atoms with E-state index in [9.17, 15) is 4.79 Å². The maximum atomic E-state index is 12.2. The first-order chi connectivity index (χ1) is 10.7. The van der Waals surface area contributed by atoms with Crippen molar-refractivity contribution < 1.29 is 4.79 Å². The summed E-state index contributed by atoms with van der Waals surface area (Å²) in [5.74, 6) is 0.627. The van der Waals surface area contributed by atoms with Gasteiger partial charge in [-0.05, 0) is 30.5 Å². The molecule has 1 fully saturated rings. The van der Waals surface area contributed by atoms with Crippen LogP contribution in [0.15, 0.2) is 36.7 Å². The highest BCUT2D eigenvalue weighted by Crippen LogP contribution is 2.17. The molecule has 1 aromatic heterocycles. The molecular weight excluding hydrogens is 300 g/mol. The Morgan fingerprint density at radius 1 is 1.18 bits per heavy atom. The molecule has 5 nitrogen and oxygen atoms in total. The summed E-state index contributed by atoms with van der Waals surface area (Å²) in [5, 5.41) is 3.54. The Bertz CT molecular complexity index is 653. The van der Waals surface area contributed by atoms with E-state index in [0.29, 0.717) is 17.3 Å². The molecule has 1 amide bonds. The van der Waals surface area contributed by atoms with E-state index in [0.717, 1.165) is 24.5 Å². The first-order valence-corrected chi connectivity index (χ1v) is 7.70. The summed E-state index contributed by atoms with van der Waals surface area (Å²) < 4.78 is 0. The van der Waals surface area contributed by atoms with E-state index in [1.807, 2.05) is 12.1 Å². The third-order valence-corrected chi connectivity index (χ3v) is 3.93. The minimum Gasteiger partial charge on any atom is -0.357 e. The van der Waals surface area contributed by atoms with E-state index in [1.165, 1.54) is 19.2 Å². The third-order valence-electron chi connectivity index (χ3n) is 3.68. The number of nitrogens with zero attached hydrogens (tertiary/aromatic N) is 3.